The molecule has 0 aliphatic heterocycles. The lowest BCUT2D eigenvalue weighted by atomic mass is 10.1. The zero-order chi connectivity index (χ0) is 18.7. The van der Waals surface area contributed by atoms with Crippen LogP contribution < -0.4 is 11.1 Å². The number of esters is 1. The number of carboxylic acid groups (broad SMARTS) is 1. The second-order valence-electron chi connectivity index (χ2n) is 5.44. The number of carbonyl (C=O) groups excluding carboxylic acids is 1. The summed E-state index contributed by atoms with van der Waals surface area (Å²) in [6.07, 6.45) is 3.09. The second kappa shape index (κ2) is 6.98. The molecule has 1 aromatic heterocycles. The number of rotatable bonds is 5. The molecule has 3 rings (SSSR count). The molecule has 0 aliphatic rings. The van der Waals surface area contributed by atoms with Gasteiger partial charge in [-0.05, 0) is 36.4 Å². The van der Waals surface area contributed by atoms with Crippen molar-refractivity contribution in [1.82, 2.24) is 9.55 Å². The summed E-state index contributed by atoms with van der Waals surface area (Å²) in [7, 11) is 1.30. The molecule has 0 aliphatic carbocycles. The zero-order valence-corrected chi connectivity index (χ0v) is 13.8. The quantitative estimate of drug-likeness (QED) is 0.477. The van der Waals surface area contributed by atoms with Crippen molar-refractivity contribution >= 4 is 29.0 Å². The minimum Gasteiger partial charge on any atom is -0.478 e. The lowest BCUT2D eigenvalue weighted by molar-refractivity contribution is 0.0593. The van der Waals surface area contributed by atoms with Crippen molar-refractivity contribution in [3.05, 3.63) is 66.2 Å². The summed E-state index contributed by atoms with van der Waals surface area (Å²) in [6, 6.07) is 11.8. The summed E-state index contributed by atoms with van der Waals surface area (Å²) in [6.45, 7) is 0. The molecule has 0 saturated carbocycles. The maximum Gasteiger partial charge on any atom is 0.358 e. The molecule has 0 fully saturated rings. The Hall–Kier alpha value is -3.81. The number of nitrogens with two attached hydrogens (primary N) is 1. The molecule has 2 aromatic carbocycles. The summed E-state index contributed by atoms with van der Waals surface area (Å²) < 4.78 is 6.33. The van der Waals surface area contributed by atoms with E-state index in [0.717, 1.165) is 11.4 Å². The first-order chi connectivity index (χ1) is 12.5. The molecule has 4 N–H and O–H groups in total. The Morgan fingerprint density at radius 2 is 2.04 bits per heavy atom. The molecule has 8 heteroatoms. The van der Waals surface area contributed by atoms with Crippen LogP contribution in [0.2, 0.25) is 0 Å². The Morgan fingerprint density at radius 3 is 2.73 bits per heavy atom. The fourth-order valence-corrected chi connectivity index (χ4v) is 2.38. The number of hydrogen-bond acceptors (Lipinski definition) is 6. The number of carboxylic acids is 1. The van der Waals surface area contributed by atoms with E-state index in [2.05, 4.69) is 15.0 Å². The molecule has 0 atom stereocenters. The van der Waals surface area contributed by atoms with Crippen molar-refractivity contribution in [1.29, 1.82) is 0 Å². The molecule has 0 spiro atoms. The number of ether oxygens (including phenoxy) is 1. The number of imidazole rings is 1. The van der Waals surface area contributed by atoms with Gasteiger partial charge < -0.3 is 25.5 Å². The monoisotopic (exact) mass is 352 g/mol. The first-order valence-electron chi connectivity index (χ1n) is 7.60. The lowest BCUT2D eigenvalue weighted by Crippen LogP contribution is -2.02. The predicted molar refractivity (Wildman–Crippen MR) is 96.0 cm³/mol. The Bertz CT molecular complexity index is 981. The highest BCUT2D eigenvalue weighted by Crippen LogP contribution is 2.25. The topological polar surface area (TPSA) is 119 Å². The third-order valence-electron chi connectivity index (χ3n) is 3.70. The van der Waals surface area contributed by atoms with Gasteiger partial charge in [0.1, 0.15) is 6.33 Å². The number of benzene rings is 2. The van der Waals surface area contributed by atoms with Crippen LogP contribution in [0.5, 0.6) is 0 Å². The SMILES string of the molecule is COC(=O)c1cn(-c2cccc(Nc3ccc(C(=O)O)cc3N)c2)cn1. The summed E-state index contributed by atoms with van der Waals surface area (Å²) in [5.74, 6) is -1.55. The fourth-order valence-electron chi connectivity index (χ4n) is 2.38. The molecule has 0 radical (unpaired) electrons. The highest BCUT2D eigenvalue weighted by molar-refractivity contribution is 5.91. The maximum atomic E-state index is 11.5. The Morgan fingerprint density at radius 1 is 1.23 bits per heavy atom. The van der Waals surface area contributed by atoms with Gasteiger partial charge in [-0.1, -0.05) is 6.07 Å². The first-order valence-corrected chi connectivity index (χ1v) is 7.60. The average molecular weight is 352 g/mol. The van der Waals surface area contributed by atoms with Crippen LogP contribution in [-0.4, -0.2) is 33.7 Å². The molecule has 1 heterocycles. The van der Waals surface area contributed by atoms with Crippen molar-refractivity contribution < 1.29 is 19.4 Å². The van der Waals surface area contributed by atoms with E-state index in [9.17, 15) is 9.59 Å². The lowest BCUT2D eigenvalue weighted by Gasteiger charge is -2.11. The van der Waals surface area contributed by atoms with Crippen molar-refractivity contribution in [2.24, 2.45) is 0 Å². The number of nitrogens with one attached hydrogen (secondary N) is 1. The van der Waals surface area contributed by atoms with Crippen LogP contribution in [0.25, 0.3) is 5.69 Å². The van der Waals surface area contributed by atoms with Gasteiger partial charge in [-0.25, -0.2) is 14.6 Å². The predicted octanol–water partition coefficient (Wildman–Crippen LogP) is 2.68. The average Bonchev–Trinajstić information content (AvgIpc) is 3.13. The minimum atomic E-state index is -1.04. The van der Waals surface area contributed by atoms with Crippen LogP contribution in [0.15, 0.2) is 55.0 Å². The number of carbonyl (C=O) groups is 2. The number of aromatic nitrogens is 2. The van der Waals surface area contributed by atoms with Crippen LogP contribution >= 0.6 is 0 Å². The Kier molecular flexibility index (Phi) is 4.57. The van der Waals surface area contributed by atoms with Gasteiger partial charge in [-0.2, -0.15) is 0 Å². The summed E-state index contributed by atoms with van der Waals surface area (Å²) in [5.41, 5.74) is 8.68. The third-order valence-corrected chi connectivity index (χ3v) is 3.70. The van der Waals surface area contributed by atoms with Crippen molar-refractivity contribution in [3.8, 4) is 5.69 Å². The van der Waals surface area contributed by atoms with Crippen LogP contribution in [-0.2, 0) is 4.74 Å². The summed E-state index contributed by atoms with van der Waals surface area (Å²) >= 11 is 0. The van der Waals surface area contributed by atoms with Crippen molar-refractivity contribution in [2.45, 2.75) is 0 Å². The molecule has 8 nitrogen and oxygen atoms in total. The molecule has 0 bridgehead atoms. The van der Waals surface area contributed by atoms with Crippen LogP contribution in [0.3, 0.4) is 0 Å². The van der Waals surface area contributed by atoms with Gasteiger partial charge in [0.15, 0.2) is 5.69 Å². The maximum absolute atomic E-state index is 11.5. The molecule has 26 heavy (non-hydrogen) atoms. The molecule has 132 valence electrons. The van der Waals surface area contributed by atoms with Crippen LogP contribution in [0, 0.1) is 0 Å². The van der Waals surface area contributed by atoms with E-state index >= 15 is 0 Å². The molecule has 0 saturated heterocycles. The highest BCUT2D eigenvalue weighted by atomic mass is 16.5. The van der Waals surface area contributed by atoms with Gasteiger partial charge in [-0.15, -0.1) is 0 Å². The Labute approximate surface area is 148 Å². The van der Waals surface area contributed by atoms with Crippen LogP contribution in [0.1, 0.15) is 20.8 Å². The van der Waals surface area contributed by atoms with Crippen molar-refractivity contribution in [3.63, 3.8) is 0 Å². The van der Waals surface area contributed by atoms with Gasteiger partial charge in [0.25, 0.3) is 0 Å². The number of nitrogens with zero attached hydrogens (tertiary/aromatic N) is 2. The van der Waals surface area contributed by atoms with E-state index in [1.54, 1.807) is 16.8 Å². The van der Waals surface area contributed by atoms with Crippen molar-refractivity contribution in [2.75, 3.05) is 18.2 Å². The smallest absolute Gasteiger partial charge is 0.358 e. The summed E-state index contributed by atoms with van der Waals surface area (Å²) in [4.78, 5) is 26.5. The summed E-state index contributed by atoms with van der Waals surface area (Å²) in [5, 5.41) is 12.1. The van der Waals surface area contributed by atoms with Gasteiger partial charge in [0.05, 0.1) is 24.0 Å². The van der Waals surface area contributed by atoms with Gasteiger partial charge in [0.2, 0.25) is 0 Å². The molecule has 0 amide bonds. The number of methoxy groups -OCH3 is 1. The van der Waals surface area contributed by atoms with E-state index in [4.69, 9.17) is 10.8 Å². The molecule has 0 unspecified atom stereocenters. The van der Waals surface area contributed by atoms with E-state index in [1.165, 1.54) is 25.6 Å². The van der Waals surface area contributed by atoms with E-state index < -0.39 is 11.9 Å². The number of hydrogen-bond donors (Lipinski definition) is 3. The molecular formula is C18H16N4O4. The first kappa shape index (κ1) is 17.0. The largest absolute Gasteiger partial charge is 0.478 e. The van der Waals surface area contributed by atoms with Gasteiger partial charge >= 0.3 is 11.9 Å². The minimum absolute atomic E-state index is 0.121. The standard InChI is InChI=1S/C18H16N4O4/c1-26-18(25)16-9-22(10-20-16)13-4-2-3-12(8-13)21-15-6-5-11(17(23)24)7-14(15)19/h2-10,21H,19H2,1H3,(H,23,24). The van der Waals surface area contributed by atoms with Gasteiger partial charge in [0, 0.05) is 17.6 Å². The van der Waals surface area contributed by atoms with Crippen LogP contribution in [0.4, 0.5) is 17.1 Å². The Balaban J connectivity index is 1.85. The van der Waals surface area contributed by atoms with E-state index in [1.807, 2.05) is 24.3 Å². The molecule has 3 aromatic rings. The number of nitrogen functional groups attached to an aromatic ring is 1. The van der Waals surface area contributed by atoms with Gasteiger partial charge in [-0.3, -0.25) is 0 Å². The normalized spacial score (nSPS) is 10.3. The number of aromatic carboxylic acids is 1. The molecular weight excluding hydrogens is 336 g/mol. The van der Waals surface area contributed by atoms with E-state index in [0.29, 0.717) is 11.4 Å². The fraction of sp³-hybridized carbons (Fsp3) is 0.0556. The van der Waals surface area contributed by atoms with E-state index in [-0.39, 0.29) is 11.3 Å². The second-order valence-corrected chi connectivity index (χ2v) is 5.44. The number of anilines is 3. The third kappa shape index (κ3) is 3.48. The zero-order valence-electron chi connectivity index (χ0n) is 13.8. The highest BCUT2D eigenvalue weighted by Gasteiger charge is 2.10.